The third kappa shape index (κ3) is 3.80. The molecule has 24 heavy (non-hydrogen) atoms. The average molecular weight is 352 g/mol. The van der Waals surface area contributed by atoms with Gasteiger partial charge >= 0.3 is 0 Å². The Morgan fingerprint density at radius 2 is 2.08 bits per heavy atom. The molecule has 126 valence electrons. The van der Waals surface area contributed by atoms with Gasteiger partial charge in [0.05, 0.1) is 18.1 Å². The van der Waals surface area contributed by atoms with Crippen LogP contribution in [0, 0.1) is 15.9 Å². The molecule has 0 spiro atoms. The summed E-state index contributed by atoms with van der Waals surface area (Å²) in [5, 5.41) is 22.9. The van der Waals surface area contributed by atoms with E-state index < -0.39 is 28.2 Å². The van der Waals surface area contributed by atoms with Crippen LogP contribution in [0.2, 0.25) is 5.02 Å². The van der Waals surface area contributed by atoms with Crippen molar-refractivity contribution < 1.29 is 19.2 Å². The van der Waals surface area contributed by atoms with E-state index in [0.29, 0.717) is 5.56 Å². The minimum Gasteiger partial charge on any atom is -0.867 e. The molecule has 0 aliphatic heterocycles. The highest BCUT2D eigenvalue weighted by Crippen LogP contribution is 2.30. The molecule has 0 aliphatic rings. The highest BCUT2D eigenvalue weighted by molar-refractivity contribution is 6.31. The van der Waals surface area contributed by atoms with E-state index >= 15 is 0 Å². The van der Waals surface area contributed by atoms with Crippen LogP contribution in [0.1, 0.15) is 24.1 Å². The van der Waals surface area contributed by atoms with Gasteiger partial charge in [-0.2, -0.15) is 0 Å². The first-order valence-corrected chi connectivity index (χ1v) is 7.23. The second-order valence-electron chi connectivity index (χ2n) is 4.95. The van der Waals surface area contributed by atoms with Crippen molar-refractivity contribution in [3.8, 4) is 11.5 Å². The summed E-state index contributed by atoms with van der Waals surface area (Å²) in [4.78, 5) is 14.2. The van der Waals surface area contributed by atoms with Crippen molar-refractivity contribution in [1.82, 2.24) is 0 Å². The molecular weight excluding hydrogens is 339 g/mol. The average Bonchev–Trinajstić information content (AvgIpc) is 2.54. The van der Waals surface area contributed by atoms with E-state index in [0.717, 1.165) is 6.07 Å². The predicted molar refractivity (Wildman–Crippen MR) is 86.5 cm³/mol. The summed E-state index contributed by atoms with van der Waals surface area (Å²) >= 11 is 5.78. The topological polar surface area (TPSA) is 87.8 Å². The molecule has 0 aromatic heterocycles. The molecule has 0 fully saturated rings. The Morgan fingerprint density at radius 1 is 1.38 bits per heavy atom. The number of nitro groups is 1. The quantitative estimate of drug-likeness (QED) is 0.467. The van der Waals surface area contributed by atoms with Crippen LogP contribution in [-0.4, -0.2) is 18.2 Å². The highest BCUT2D eigenvalue weighted by Gasteiger charge is 2.12. The number of benzene rings is 2. The first kappa shape index (κ1) is 17.7. The standard InChI is InChI=1S/C16H14ClFN2O4/c1-9(10-3-4-15(24-2)13(18)6-10)19-8-11-5-12(17)7-14(16(11)21)20(22)23/h3-9,21H,1-2H3/p-1/t9-/m1/s1. The van der Waals surface area contributed by atoms with Crippen molar-refractivity contribution in [2.45, 2.75) is 13.0 Å². The maximum absolute atomic E-state index is 13.7. The van der Waals surface area contributed by atoms with Crippen LogP contribution in [-0.2, 0) is 0 Å². The lowest BCUT2D eigenvalue weighted by Crippen LogP contribution is -2.03. The lowest BCUT2D eigenvalue weighted by molar-refractivity contribution is -0.398. The van der Waals surface area contributed by atoms with Crippen LogP contribution in [0.15, 0.2) is 35.3 Å². The van der Waals surface area contributed by atoms with Crippen LogP contribution < -0.4 is 9.84 Å². The minimum absolute atomic E-state index is 0.00460. The second-order valence-corrected chi connectivity index (χ2v) is 5.38. The van der Waals surface area contributed by atoms with Crippen LogP contribution in [0.3, 0.4) is 0 Å². The van der Waals surface area contributed by atoms with Crippen molar-refractivity contribution in [1.29, 1.82) is 0 Å². The fourth-order valence-corrected chi connectivity index (χ4v) is 2.27. The predicted octanol–water partition coefficient (Wildman–Crippen LogP) is 3.65. The van der Waals surface area contributed by atoms with Crippen molar-refractivity contribution in [3.63, 3.8) is 0 Å². The summed E-state index contributed by atoms with van der Waals surface area (Å²) in [5.41, 5.74) is -0.0596. The monoisotopic (exact) mass is 351 g/mol. The molecule has 0 amide bonds. The zero-order valence-electron chi connectivity index (χ0n) is 12.8. The number of nitro benzene ring substituents is 1. The fourth-order valence-electron chi connectivity index (χ4n) is 2.05. The molecule has 0 bridgehead atoms. The molecule has 2 aromatic rings. The maximum atomic E-state index is 13.7. The largest absolute Gasteiger partial charge is 0.867 e. The summed E-state index contributed by atoms with van der Waals surface area (Å²) in [5.74, 6) is -1.19. The molecule has 1 atom stereocenters. The van der Waals surface area contributed by atoms with Crippen molar-refractivity contribution in [3.05, 3.63) is 62.4 Å². The number of methoxy groups -OCH3 is 1. The molecule has 8 heteroatoms. The molecule has 0 radical (unpaired) electrons. The van der Waals surface area contributed by atoms with E-state index in [9.17, 15) is 19.6 Å². The van der Waals surface area contributed by atoms with Crippen molar-refractivity contribution in [2.75, 3.05) is 7.11 Å². The Balaban J connectivity index is 2.30. The third-order valence-electron chi connectivity index (χ3n) is 3.36. The van der Waals surface area contributed by atoms with Gasteiger partial charge in [0, 0.05) is 17.3 Å². The summed E-state index contributed by atoms with van der Waals surface area (Å²) < 4.78 is 18.6. The molecule has 0 unspecified atom stereocenters. The van der Waals surface area contributed by atoms with Gasteiger partial charge < -0.3 is 9.84 Å². The number of rotatable bonds is 5. The van der Waals surface area contributed by atoms with E-state index in [-0.39, 0.29) is 16.3 Å². The SMILES string of the molecule is COc1ccc([C@@H](C)N=Cc2cc(Cl)cc([N+](=O)[O-])c2[O-])cc1F. The number of hydrogen-bond acceptors (Lipinski definition) is 5. The van der Waals surface area contributed by atoms with Gasteiger partial charge in [0.2, 0.25) is 0 Å². The van der Waals surface area contributed by atoms with E-state index in [4.69, 9.17) is 16.3 Å². The van der Waals surface area contributed by atoms with Crippen LogP contribution in [0.25, 0.3) is 0 Å². The summed E-state index contributed by atoms with van der Waals surface area (Å²) in [7, 11) is 1.36. The van der Waals surface area contributed by atoms with E-state index in [1.165, 1.54) is 31.5 Å². The molecule has 0 saturated carbocycles. The van der Waals surface area contributed by atoms with E-state index in [1.807, 2.05) is 0 Å². The summed E-state index contributed by atoms with van der Waals surface area (Å²) in [6.07, 6.45) is 1.20. The molecule has 2 rings (SSSR count). The highest BCUT2D eigenvalue weighted by atomic mass is 35.5. The lowest BCUT2D eigenvalue weighted by atomic mass is 10.1. The summed E-state index contributed by atoms with van der Waals surface area (Å²) in [6.45, 7) is 1.70. The van der Waals surface area contributed by atoms with Crippen LogP contribution >= 0.6 is 11.6 Å². The Bertz CT molecular complexity index is 811. The van der Waals surface area contributed by atoms with Gasteiger partial charge in [-0.1, -0.05) is 17.7 Å². The molecule has 6 nitrogen and oxygen atoms in total. The lowest BCUT2D eigenvalue weighted by Gasteiger charge is -2.12. The molecular formula is C16H13ClFN2O4-. The Hall–Kier alpha value is -2.67. The van der Waals surface area contributed by atoms with Gasteiger partial charge in [-0.15, -0.1) is 0 Å². The van der Waals surface area contributed by atoms with Gasteiger partial charge in [-0.3, -0.25) is 15.1 Å². The molecule has 0 N–H and O–H groups in total. The van der Waals surface area contributed by atoms with E-state index in [2.05, 4.69) is 4.99 Å². The Labute approximate surface area is 142 Å². The molecule has 0 heterocycles. The van der Waals surface area contributed by atoms with Gasteiger partial charge in [-0.05, 0) is 42.0 Å². The van der Waals surface area contributed by atoms with Gasteiger partial charge in [0.25, 0.3) is 5.69 Å². The normalized spacial score (nSPS) is 12.3. The smallest absolute Gasteiger partial charge is 0.263 e. The zero-order chi connectivity index (χ0) is 17.9. The molecule has 0 saturated heterocycles. The molecule has 2 aromatic carbocycles. The third-order valence-corrected chi connectivity index (χ3v) is 3.57. The number of aliphatic imine (C=N–C) groups is 1. The number of hydrogen-bond donors (Lipinski definition) is 0. The van der Waals surface area contributed by atoms with Crippen LogP contribution in [0.4, 0.5) is 10.1 Å². The van der Waals surface area contributed by atoms with Gasteiger partial charge in [0.1, 0.15) is 0 Å². The second kappa shape index (κ2) is 7.27. The summed E-state index contributed by atoms with van der Waals surface area (Å²) in [6, 6.07) is 6.20. The Morgan fingerprint density at radius 3 is 2.67 bits per heavy atom. The Kier molecular flexibility index (Phi) is 5.35. The zero-order valence-corrected chi connectivity index (χ0v) is 13.6. The van der Waals surface area contributed by atoms with E-state index in [1.54, 1.807) is 13.0 Å². The molecule has 0 aliphatic carbocycles. The van der Waals surface area contributed by atoms with Crippen molar-refractivity contribution in [2.24, 2.45) is 4.99 Å². The van der Waals surface area contributed by atoms with Gasteiger partial charge in [0.15, 0.2) is 11.6 Å². The number of nitrogens with zero attached hydrogens (tertiary/aromatic N) is 2. The van der Waals surface area contributed by atoms with Crippen LogP contribution in [0.5, 0.6) is 11.5 Å². The maximum Gasteiger partial charge on any atom is 0.263 e. The number of halogens is 2. The van der Waals surface area contributed by atoms with Gasteiger partial charge in [-0.25, -0.2) is 4.39 Å². The fraction of sp³-hybridized carbons (Fsp3) is 0.188. The minimum atomic E-state index is -0.798. The van der Waals surface area contributed by atoms with Crippen molar-refractivity contribution >= 4 is 23.5 Å². The first-order valence-electron chi connectivity index (χ1n) is 6.85. The first-order chi connectivity index (χ1) is 11.3. The number of ether oxygens (including phenoxy) is 1.